The molecule has 1 saturated heterocycles. The summed E-state index contributed by atoms with van der Waals surface area (Å²) in [4.78, 5) is 2.42. The second kappa shape index (κ2) is 5.33. The smallest absolute Gasteiger partial charge is 0.0947 e. The van der Waals surface area contributed by atoms with Gasteiger partial charge in [-0.3, -0.25) is 4.90 Å². The molecule has 2 rings (SSSR count). The molecule has 3 nitrogen and oxygen atoms in total. The van der Waals surface area contributed by atoms with E-state index in [4.69, 9.17) is 4.42 Å². The molecule has 1 unspecified atom stereocenters. The third-order valence-electron chi connectivity index (χ3n) is 3.16. The zero-order valence-corrected chi connectivity index (χ0v) is 9.41. The molecule has 1 N–H and O–H groups in total. The average Bonchev–Trinajstić information content (AvgIpc) is 2.58. The normalized spacial score (nSPS) is 22.9. The minimum Gasteiger partial charge on any atom is -0.472 e. The standard InChI is InChI=1S/C12H20N2O/c1-14(9-11-5-7-15-10-11)12-4-2-3-6-13-8-12/h5,7,10,12-13H,2-4,6,8-9H2,1H3. The molecule has 0 saturated carbocycles. The van der Waals surface area contributed by atoms with E-state index in [0.29, 0.717) is 6.04 Å². The maximum absolute atomic E-state index is 5.09. The van der Waals surface area contributed by atoms with Crippen LogP contribution in [-0.4, -0.2) is 31.1 Å². The van der Waals surface area contributed by atoms with Gasteiger partial charge in [-0.15, -0.1) is 0 Å². The fourth-order valence-corrected chi connectivity index (χ4v) is 2.18. The highest BCUT2D eigenvalue weighted by Crippen LogP contribution is 2.13. The lowest BCUT2D eigenvalue weighted by Crippen LogP contribution is -2.38. The van der Waals surface area contributed by atoms with Crippen molar-refractivity contribution in [3.8, 4) is 0 Å². The SMILES string of the molecule is CN(Cc1ccoc1)C1CCCCNC1. The highest BCUT2D eigenvalue weighted by atomic mass is 16.3. The van der Waals surface area contributed by atoms with Crippen molar-refractivity contribution in [3.63, 3.8) is 0 Å². The van der Waals surface area contributed by atoms with Gasteiger partial charge in [0.05, 0.1) is 12.5 Å². The summed E-state index contributed by atoms with van der Waals surface area (Å²) < 4.78 is 5.09. The molecule has 0 radical (unpaired) electrons. The molecular formula is C12H20N2O. The molecule has 0 aromatic carbocycles. The highest BCUT2D eigenvalue weighted by Gasteiger charge is 2.16. The molecule has 0 aliphatic carbocycles. The Labute approximate surface area is 91.4 Å². The molecule has 15 heavy (non-hydrogen) atoms. The first-order valence-corrected chi connectivity index (χ1v) is 5.78. The van der Waals surface area contributed by atoms with E-state index in [0.717, 1.165) is 13.1 Å². The van der Waals surface area contributed by atoms with Crippen molar-refractivity contribution in [2.24, 2.45) is 0 Å². The van der Waals surface area contributed by atoms with Crippen LogP contribution in [-0.2, 0) is 6.54 Å². The first-order chi connectivity index (χ1) is 7.36. The molecule has 1 fully saturated rings. The third kappa shape index (κ3) is 3.08. The van der Waals surface area contributed by atoms with Gasteiger partial charge in [0.1, 0.15) is 0 Å². The summed E-state index contributed by atoms with van der Waals surface area (Å²) in [5.41, 5.74) is 1.27. The Morgan fingerprint density at radius 3 is 3.27 bits per heavy atom. The van der Waals surface area contributed by atoms with Gasteiger partial charge in [-0.05, 0) is 32.5 Å². The second-order valence-electron chi connectivity index (χ2n) is 4.40. The number of hydrogen-bond acceptors (Lipinski definition) is 3. The molecule has 1 aromatic heterocycles. The maximum atomic E-state index is 5.09. The first-order valence-electron chi connectivity index (χ1n) is 5.78. The zero-order chi connectivity index (χ0) is 10.5. The van der Waals surface area contributed by atoms with E-state index in [1.165, 1.54) is 31.4 Å². The number of likely N-dealkylation sites (N-methyl/N-ethyl adjacent to an activating group) is 1. The summed E-state index contributed by atoms with van der Waals surface area (Å²) in [5.74, 6) is 0. The molecule has 1 atom stereocenters. The van der Waals surface area contributed by atoms with Crippen LogP contribution in [0.2, 0.25) is 0 Å². The number of nitrogens with one attached hydrogen (secondary N) is 1. The van der Waals surface area contributed by atoms with E-state index < -0.39 is 0 Å². The number of furan rings is 1. The van der Waals surface area contributed by atoms with Crippen molar-refractivity contribution in [1.29, 1.82) is 0 Å². The van der Waals surface area contributed by atoms with Crippen molar-refractivity contribution in [1.82, 2.24) is 10.2 Å². The molecule has 0 amide bonds. The molecule has 84 valence electrons. The summed E-state index contributed by atoms with van der Waals surface area (Å²) in [6.45, 7) is 3.28. The Balaban J connectivity index is 1.86. The Morgan fingerprint density at radius 1 is 1.53 bits per heavy atom. The summed E-state index contributed by atoms with van der Waals surface area (Å²) in [7, 11) is 2.20. The van der Waals surface area contributed by atoms with Gasteiger partial charge >= 0.3 is 0 Å². The largest absolute Gasteiger partial charge is 0.472 e. The van der Waals surface area contributed by atoms with E-state index in [2.05, 4.69) is 17.3 Å². The van der Waals surface area contributed by atoms with Gasteiger partial charge in [-0.1, -0.05) is 6.42 Å². The van der Waals surface area contributed by atoms with E-state index in [1.54, 1.807) is 6.26 Å². The minimum atomic E-state index is 0.669. The zero-order valence-electron chi connectivity index (χ0n) is 9.41. The van der Waals surface area contributed by atoms with E-state index in [-0.39, 0.29) is 0 Å². The molecule has 0 bridgehead atoms. The maximum Gasteiger partial charge on any atom is 0.0947 e. The van der Waals surface area contributed by atoms with E-state index in [1.807, 2.05) is 12.3 Å². The summed E-state index contributed by atoms with van der Waals surface area (Å²) >= 11 is 0. The minimum absolute atomic E-state index is 0.669. The van der Waals surface area contributed by atoms with Crippen LogP contribution in [0.5, 0.6) is 0 Å². The van der Waals surface area contributed by atoms with Gasteiger partial charge in [-0.25, -0.2) is 0 Å². The molecule has 1 aromatic rings. The van der Waals surface area contributed by atoms with Crippen LogP contribution in [0, 0.1) is 0 Å². The number of rotatable bonds is 3. The predicted octanol–water partition coefficient (Wildman–Crippen LogP) is 1.85. The lowest BCUT2D eigenvalue weighted by Gasteiger charge is -2.26. The van der Waals surface area contributed by atoms with E-state index >= 15 is 0 Å². The highest BCUT2D eigenvalue weighted by molar-refractivity contribution is 5.05. The number of hydrogen-bond donors (Lipinski definition) is 1. The molecule has 1 aliphatic heterocycles. The Bertz CT molecular complexity index is 263. The summed E-state index contributed by atoms with van der Waals surface area (Å²) in [6.07, 6.45) is 7.54. The monoisotopic (exact) mass is 208 g/mol. The van der Waals surface area contributed by atoms with E-state index in [9.17, 15) is 0 Å². The van der Waals surface area contributed by atoms with Crippen LogP contribution in [0.1, 0.15) is 24.8 Å². The van der Waals surface area contributed by atoms with Gasteiger partial charge < -0.3 is 9.73 Å². The van der Waals surface area contributed by atoms with Crippen molar-refractivity contribution in [3.05, 3.63) is 24.2 Å². The lowest BCUT2D eigenvalue weighted by molar-refractivity contribution is 0.222. The molecule has 3 heteroatoms. The van der Waals surface area contributed by atoms with Gasteiger partial charge in [-0.2, -0.15) is 0 Å². The summed E-state index contributed by atoms with van der Waals surface area (Å²) in [6, 6.07) is 2.71. The molecular weight excluding hydrogens is 188 g/mol. The van der Waals surface area contributed by atoms with Crippen LogP contribution in [0.3, 0.4) is 0 Å². The average molecular weight is 208 g/mol. The molecule has 0 spiro atoms. The Kier molecular flexibility index (Phi) is 3.80. The second-order valence-corrected chi connectivity index (χ2v) is 4.40. The summed E-state index contributed by atoms with van der Waals surface area (Å²) in [5, 5.41) is 3.49. The van der Waals surface area contributed by atoms with Crippen molar-refractivity contribution >= 4 is 0 Å². The van der Waals surface area contributed by atoms with Crippen molar-refractivity contribution < 1.29 is 4.42 Å². The van der Waals surface area contributed by atoms with Crippen LogP contribution in [0.15, 0.2) is 23.0 Å². The van der Waals surface area contributed by atoms with Gasteiger partial charge in [0, 0.05) is 24.7 Å². The first kappa shape index (κ1) is 10.7. The van der Waals surface area contributed by atoms with Crippen LogP contribution >= 0.6 is 0 Å². The van der Waals surface area contributed by atoms with Crippen molar-refractivity contribution in [2.45, 2.75) is 31.8 Å². The van der Waals surface area contributed by atoms with Crippen LogP contribution < -0.4 is 5.32 Å². The topological polar surface area (TPSA) is 28.4 Å². The van der Waals surface area contributed by atoms with Crippen LogP contribution in [0.4, 0.5) is 0 Å². The fourth-order valence-electron chi connectivity index (χ4n) is 2.18. The van der Waals surface area contributed by atoms with Gasteiger partial charge in [0.15, 0.2) is 0 Å². The Morgan fingerprint density at radius 2 is 2.47 bits per heavy atom. The van der Waals surface area contributed by atoms with Gasteiger partial charge in [0.25, 0.3) is 0 Å². The molecule has 1 aliphatic rings. The fraction of sp³-hybridized carbons (Fsp3) is 0.667. The van der Waals surface area contributed by atoms with Crippen LogP contribution in [0.25, 0.3) is 0 Å². The predicted molar refractivity (Wildman–Crippen MR) is 60.7 cm³/mol. The quantitative estimate of drug-likeness (QED) is 0.821. The lowest BCUT2D eigenvalue weighted by atomic mass is 10.1. The van der Waals surface area contributed by atoms with Crippen molar-refractivity contribution in [2.75, 3.05) is 20.1 Å². The molecule has 2 heterocycles. The van der Waals surface area contributed by atoms with Gasteiger partial charge in [0.2, 0.25) is 0 Å². The third-order valence-corrected chi connectivity index (χ3v) is 3.16. The number of nitrogens with zero attached hydrogens (tertiary/aromatic N) is 1. The Hall–Kier alpha value is -0.800.